The molecule has 0 aliphatic carbocycles. The van der Waals surface area contributed by atoms with E-state index in [1.807, 2.05) is 7.05 Å². The Hall–Kier alpha value is -1.63. The quantitative estimate of drug-likeness (QED) is 0.780. The molecule has 0 amide bonds. The number of hydrogen-bond acceptors (Lipinski definition) is 7. The number of aromatic nitrogens is 3. The van der Waals surface area contributed by atoms with Crippen molar-refractivity contribution >= 4 is 17.8 Å². The zero-order valence-electron chi connectivity index (χ0n) is 13.2. The molecule has 1 aliphatic rings. The van der Waals surface area contributed by atoms with Crippen molar-refractivity contribution in [1.82, 2.24) is 15.0 Å². The monoisotopic (exact) mass is 294 g/mol. The van der Waals surface area contributed by atoms with E-state index in [-0.39, 0.29) is 12.6 Å². The van der Waals surface area contributed by atoms with Gasteiger partial charge in [-0.2, -0.15) is 15.0 Å². The lowest BCUT2D eigenvalue weighted by atomic mass is 10.3. The first kappa shape index (κ1) is 15.8. The van der Waals surface area contributed by atoms with Crippen LogP contribution in [0, 0.1) is 0 Å². The smallest absolute Gasteiger partial charge is 0.232 e. The molecule has 1 fully saturated rings. The van der Waals surface area contributed by atoms with Crippen molar-refractivity contribution in [3.63, 3.8) is 0 Å². The van der Waals surface area contributed by atoms with Crippen LogP contribution in [0.2, 0.25) is 0 Å². The van der Waals surface area contributed by atoms with Crippen LogP contribution in [0.25, 0.3) is 0 Å². The van der Waals surface area contributed by atoms with Crippen LogP contribution < -0.4 is 15.1 Å². The standard InChI is InChI=1S/C14H26N6O/c1-11(2)20(9-6-10-21)14-17-12(15-3)16-13(18-14)19-7-4-5-8-19/h11,21H,4-10H2,1-3H3,(H,15,16,17,18). The van der Waals surface area contributed by atoms with E-state index < -0.39 is 0 Å². The van der Waals surface area contributed by atoms with Gasteiger partial charge < -0.3 is 20.2 Å². The average molecular weight is 294 g/mol. The fourth-order valence-electron chi connectivity index (χ4n) is 2.48. The van der Waals surface area contributed by atoms with Crippen LogP contribution in [-0.4, -0.2) is 59.4 Å². The number of rotatable bonds is 7. The highest BCUT2D eigenvalue weighted by Gasteiger charge is 2.20. The molecule has 0 atom stereocenters. The number of aliphatic hydroxyl groups is 1. The molecule has 2 heterocycles. The van der Waals surface area contributed by atoms with Gasteiger partial charge in [-0.25, -0.2) is 0 Å². The first-order valence-electron chi connectivity index (χ1n) is 7.72. The number of anilines is 3. The molecule has 1 aromatic rings. The fraction of sp³-hybridized carbons (Fsp3) is 0.786. The maximum absolute atomic E-state index is 9.07. The minimum atomic E-state index is 0.173. The Labute approximate surface area is 126 Å². The normalized spacial score (nSPS) is 14.8. The van der Waals surface area contributed by atoms with E-state index in [9.17, 15) is 0 Å². The number of nitrogens with zero attached hydrogens (tertiary/aromatic N) is 5. The molecule has 0 unspecified atom stereocenters. The van der Waals surface area contributed by atoms with Gasteiger partial charge in [-0.05, 0) is 33.1 Å². The van der Waals surface area contributed by atoms with Crippen molar-refractivity contribution < 1.29 is 5.11 Å². The highest BCUT2D eigenvalue weighted by atomic mass is 16.3. The van der Waals surface area contributed by atoms with Crippen molar-refractivity contribution in [2.45, 2.75) is 39.2 Å². The van der Waals surface area contributed by atoms with Crippen LogP contribution in [0.3, 0.4) is 0 Å². The van der Waals surface area contributed by atoms with Crippen molar-refractivity contribution in [3.8, 4) is 0 Å². The summed E-state index contributed by atoms with van der Waals surface area (Å²) in [6.45, 7) is 7.13. The predicted octanol–water partition coefficient (Wildman–Crippen LogP) is 1.11. The van der Waals surface area contributed by atoms with E-state index in [2.05, 4.69) is 43.9 Å². The largest absolute Gasteiger partial charge is 0.396 e. The Morgan fingerprint density at radius 3 is 2.52 bits per heavy atom. The predicted molar refractivity (Wildman–Crippen MR) is 85.0 cm³/mol. The van der Waals surface area contributed by atoms with Crippen molar-refractivity contribution in [3.05, 3.63) is 0 Å². The van der Waals surface area contributed by atoms with Gasteiger partial charge in [-0.15, -0.1) is 0 Å². The van der Waals surface area contributed by atoms with Gasteiger partial charge in [0.25, 0.3) is 0 Å². The third kappa shape index (κ3) is 3.93. The lowest BCUT2D eigenvalue weighted by molar-refractivity contribution is 0.288. The molecule has 2 rings (SSSR count). The summed E-state index contributed by atoms with van der Waals surface area (Å²) in [5.74, 6) is 2.02. The van der Waals surface area contributed by atoms with E-state index in [4.69, 9.17) is 5.11 Å². The topological polar surface area (TPSA) is 77.4 Å². The molecule has 7 nitrogen and oxygen atoms in total. The van der Waals surface area contributed by atoms with Crippen LogP contribution in [0.4, 0.5) is 17.8 Å². The molecule has 0 radical (unpaired) electrons. The Bertz CT molecular complexity index is 447. The molecule has 0 saturated carbocycles. The summed E-state index contributed by atoms with van der Waals surface area (Å²) in [4.78, 5) is 17.9. The van der Waals surface area contributed by atoms with Crippen LogP contribution in [0.1, 0.15) is 33.1 Å². The SMILES string of the molecule is CNc1nc(N2CCCC2)nc(N(CCCO)C(C)C)n1. The molecule has 0 aromatic carbocycles. The van der Waals surface area contributed by atoms with Crippen molar-refractivity contribution in [2.75, 3.05) is 48.4 Å². The zero-order valence-corrected chi connectivity index (χ0v) is 13.2. The molecule has 7 heteroatoms. The van der Waals surface area contributed by atoms with E-state index >= 15 is 0 Å². The summed E-state index contributed by atoms with van der Waals surface area (Å²) < 4.78 is 0. The van der Waals surface area contributed by atoms with E-state index in [1.165, 1.54) is 12.8 Å². The van der Waals surface area contributed by atoms with Gasteiger partial charge in [-0.1, -0.05) is 0 Å². The lowest BCUT2D eigenvalue weighted by Gasteiger charge is -2.27. The summed E-state index contributed by atoms with van der Waals surface area (Å²) in [5.41, 5.74) is 0. The van der Waals surface area contributed by atoms with E-state index in [1.54, 1.807) is 0 Å². The summed E-state index contributed by atoms with van der Waals surface area (Å²) in [5, 5.41) is 12.1. The summed E-state index contributed by atoms with van der Waals surface area (Å²) in [7, 11) is 1.82. The van der Waals surface area contributed by atoms with E-state index in [0.717, 1.165) is 25.6 Å². The number of aliphatic hydroxyl groups excluding tert-OH is 1. The fourth-order valence-corrected chi connectivity index (χ4v) is 2.48. The number of nitrogens with one attached hydrogen (secondary N) is 1. The molecular formula is C14H26N6O. The van der Waals surface area contributed by atoms with Crippen molar-refractivity contribution in [1.29, 1.82) is 0 Å². The van der Waals surface area contributed by atoms with Crippen molar-refractivity contribution in [2.24, 2.45) is 0 Å². The number of hydrogen-bond donors (Lipinski definition) is 2. The van der Waals surface area contributed by atoms with Crippen LogP contribution in [0.5, 0.6) is 0 Å². The second-order valence-electron chi connectivity index (χ2n) is 5.57. The maximum Gasteiger partial charge on any atom is 0.232 e. The molecule has 1 aliphatic heterocycles. The second-order valence-corrected chi connectivity index (χ2v) is 5.57. The Kier molecular flexibility index (Phi) is 5.55. The van der Waals surface area contributed by atoms with Gasteiger partial charge in [0.2, 0.25) is 17.8 Å². The van der Waals surface area contributed by atoms with E-state index in [0.29, 0.717) is 18.3 Å². The molecule has 1 aromatic heterocycles. The molecule has 118 valence electrons. The summed E-state index contributed by atoms with van der Waals surface area (Å²) in [6.07, 6.45) is 3.08. The first-order chi connectivity index (χ1) is 10.2. The van der Waals surface area contributed by atoms with Gasteiger partial charge in [0.15, 0.2) is 0 Å². The lowest BCUT2D eigenvalue weighted by Crippen LogP contribution is -2.34. The van der Waals surface area contributed by atoms with Gasteiger partial charge in [0.1, 0.15) is 0 Å². The highest BCUT2D eigenvalue weighted by Crippen LogP contribution is 2.21. The van der Waals surface area contributed by atoms with Gasteiger partial charge in [-0.3, -0.25) is 0 Å². The Balaban J connectivity index is 2.29. The summed E-state index contributed by atoms with van der Waals surface area (Å²) in [6, 6.07) is 0.273. The van der Waals surface area contributed by atoms with Gasteiger partial charge in [0.05, 0.1) is 0 Å². The second kappa shape index (κ2) is 7.40. The summed E-state index contributed by atoms with van der Waals surface area (Å²) >= 11 is 0. The third-order valence-electron chi connectivity index (χ3n) is 3.66. The minimum Gasteiger partial charge on any atom is -0.396 e. The van der Waals surface area contributed by atoms with Crippen LogP contribution >= 0.6 is 0 Å². The molecular weight excluding hydrogens is 268 g/mol. The maximum atomic E-state index is 9.07. The molecule has 21 heavy (non-hydrogen) atoms. The van der Waals surface area contributed by atoms with Gasteiger partial charge in [0, 0.05) is 39.3 Å². The van der Waals surface area contributed by atoms with Crippen LogP contribution in [-0.2, 0) is 0 Å². The Morgan fingerprint density at radius 2 is 1.95 bits per heavy atom. The Morgan fingerprint density at radius 1 is 1.24 bits per heavy atom. The average Bonchev–Trinajstić information content (AvgIpc) is 3.01. The minimum absolute atomic E-state index is 0.173. The first-order valence-corrected chi connectivity index (χ1v) is 7.72. The molecule has 0 bridgehead atoms. The zero-order chi connectivity index (χ0) is 15.2. The highest BCUT2D eigenvalue weighted by molar-refractivity contribution is 5.45. The van der Waals surface area contributed by atoms with Crippen LogP contribution in [0.15, 0.2) is 0 Å². The molecule has 0 spiro atoms. The molecule has 1 saturated heterocycles. The molecule has 2 N–H and O–H groups in total. The van der Waals surface area contributed by atoms with Gasteiger partial charge >= 0.3 is 0 Å². The third-order valence-corrected chi connectivity index (χ3v) is 3.66.